The number of aryl methyl sites for hydroxylation is 2. The fourth-order valence-corrected chi connectivity index (χ4v) is 4.10. The van der Waals surface area contributed by atoms with E-state index in [-0.39, 0.29) is 5.91 Å². The van der Waals surface area contributed by atoms with E-state index in [1.54, 1.807) is 30.5 Å². The minimum atomic E-state index is -0.360. The topological polar surface area (TPSA) is 120 Å². The van der Waals surface area contributed by atoms with Gasteiger partial charge < -0.3 is 5.32 Å². The van der Waals surface area contributed by atoms with Gasteiger partial charge in [0.05, 0.1) is 16.8 Å². The van der Waals surface area contributed by atoms with E-state index in [9.17, 15) is 4.79 Å². The summed E-state index contributed by atoms with van der Waals surface area (Å²) in [5.74, 6) is 0.0494. The molecule has 0 fully saturated rings. The molecule has 154 valence electrons. The van der Waals surface area contributed by atoms with Crippen molar-refractivity contribution in [3.05, 3.63) is 64.1 Å². The van der Waals surface area contributed by atoms with Crippen LogP contribution in [0.3, 0.4) is 0 Å². The molecule has 4 rings (SSSR count). The fourth-order valence-electron chi connectivity index (χ4n) is 3.11. The summed E-state index contributed by atoms with van der Waals surface area (Å²) in [6.45, 7) is 5.76. The number of nitrogens with one attached hydrogen (secondary N) is 2. The Morgan fingerprint density at radius 2 is 2.10 bits per heavy atom. The van der Waals surface area contributed by atoms with E-state index >= 15 is 0 Å². The number of amides is 1. The Kier molecular flexibility index (Phi) is 5.56. The molecule has 0 radical (unpaired) electrons. The number of hydrogen-bond donors (Lipinski definition) is 2. The molecule has 0 saturated carbocycles. The lowest BCUT2D eigenvalue weighted by atomic mass is 10.1. The van der Waals surface area contributed by atoms with Gasteiger partial charge in [-0.15, -0.1) is 11.3 Å². The Labute approximate surface area is 183 Å². The van der Waals surface area contributed by atoms with Crippen LogP contribution in [0.25, 0.3) is 22.0 Å². The molecule has 0 atom stereocenters. The van der Waals surface area contributed by atoms with Crippen molar-refractivity contribution in [2.24, 2.45) is 0 Å². The molecule has 4 aromatic heterocycles. The molecule has 2 N–H and O–H groups in total. The SMILES string of the molecule is CCc1sc(-c2cc(C)[nH]n2)nc1-c1ccc(NC(=O)c2cncc(C#N)c2C)nc1. The van der Waals surface area contributed by atoms with Crippen molar-refractivity contribution in [1.82, 2.24) is 25.1 Å². The van der Waals surface area contributed by atoms with E-state index in [1.807, 2.05) is 25.1 Å². The van der Waals surface area contributed by atoms with Crippen molar-refractivity contribution < 1.29 is 4.79 Å². The standard InChI is InChI=1S/C22H19N7OS/c1-4-18-20(27-22(31-18)17-7-12(2)28-29-17)14-5-6-19(25-10-14)26-21(30)16-11-24-9-15(8-23)13(16)3/h5-7,9-11H,4H2,1-3H3,(H,28,29)(H,25,26,30). The van der Waals surface area contributed by atoms with E-state index in [0.717, 1.165) is 39.0 Å². The molecule has 0 aliphatic heterocycles. The van der Waals surface area contributed by atoms with E-state index < -0.39 is 0 Å². The average Bonchev–Trinajstić information content (AvgIpc) is 3.40. The molecular weight excluding hydrogens is 410 g/mol. The number of thiazole rings is 1. The monoisotopic (exact) mass is 429 g/mol. The van der Waals surface area contributed by atoms with Gasteiger partial charge in [0.25, 0.3) is 5.91 Å². The number of hydrogen-bond acceptors (Lipinski definition) is 7. The van der Waals surface area contributed by atoms with Gasteiger partial charge in [-0.25, -0.2) is 9.97 Å². The van der Waals surface area contributed by atoms with Crippen LogP contribution in [0.15, 0.2) is 36.8 Å². The van der Waals surface area contributed by atoms with Crippen molar-refractivity contribution in [3.8, 4) is 28.0 Å². The van der Waals surface area contributed by atoms with Gasteiger partial charge in [0.1, 0.15) is 22.6 Å². The van der Waals surface area contributed by atoms with Crippen molar-refractivity contribution >= 4 is 23.1 Å². The first-order valence-electron chi connectivity index (χ1n) is 9.64. The van der Waals surface area contributed by atoms with E-state index in [4.69, 9.17) is 10.2 Å². The lowest BCUT2D eigenvalue weighted by Gasteiger charge is -2.08. The summed E-state index contributed by atoms with van der Waals surface area (Å²) in [4.78, 5) is 26.9. The summed E-state index contributed by atoms with van der Waals surface area (Å²) in [6.07, 6.45) is 5.43. The maximum absolute atomic E-state index is 12.6. The highest BCUT2D eigenvalue weighted by Crippen LogP contribution is 2.33. The summed E-state index contributed by atoms with van der Waals surface area (Å²) in [5.41, 5.74) is 4.85. The molecule has 31 heavy (non-hydrogen) atoms. The number of aromatic nitrogens is 5. The van der Waals surface area contributed by atoms with Gasteiger partial charge in [-0.1, -0.05) is 6.92 Å². The van der Waals surface area contributed by atoms with Gasteiger partial charge in [0.2, 0.25) is 0 Å². The van der Waals surface area contributed by atoms with Crippen LogP contribution in [0.2, 0.25) is 0 Å². The number of nitriles is 1. The summed E-state index contributed by atoms with van der Waals surface area (Å²) >= 11 is 1.61. The number of aromatic amines is 1. The van der Waals surface area contributed by atoms with Crippen LogP contribution in [-0.4, -0.2) is 31.1 Å². The minimum absolute atomic E-state index is 0.344. The molecular formula is C22H19N7OS. The first-order chi connectivity index (χ1) is 15.0. The van der Waals surface area contributed by atoms with E-state index in [2.05, 4.69) is 32.4 Å². The van der Waals surface area contributed by atoms with Crippen molar-refractivity contribution in [2.45, 2.75) is 27.2 Å². The van der Waals surface area contributed by atoms with Gasteiger partial charge in [0.15, 0.2) is 0 Å². The third-order valence-corrected chi connectivity index (χ3v) is 6.02. The van der Waals surface area contributed by atoms with Gasteiger partial charge in [-0.05, 0) is 44.0 Å². The second-order valence-electron chi connectivity index (χ2n) is 6.94. The van der Waals surface area contributed by atoms with Crippen LogP contribution in [0.4, 0.5) is 5.82 Å². The van der Waals surface area contributed by atoms with Crippen LogP contribution in [0.5, 0.6) is 0 Å². The molecule has 4 heterocycles. The molecule has 4 aromatic rings. The third kappa shape index (κ3) is 4.06. The zero-order valence-electron chi connectivity index (χ0n) is 17.2. The zero-order chi connectivity index (χ0) is 22.0. The molecule has 0 bridgehead atoms. The van der Waals surface area contributed by atoms with E-state index in [0.29, 0.717) is 22.5 Å². The predicted octanol–water partition coefficient (Wildman–Crippen LogP) is 4.29. The average molecular weight is 430 g/mol. The number of nitrogens with zero attached hydrogens (tertiary/aromatic N) is 5. The third-order valence-electron chi connectivity index (χ3n) is 4.80. The predicted molar refractivity (Wildman–Crippen MR) is 119 cm³/mol. The number of H-pyrrole nitrogens is 1. The van der Waals surface area contributed by atoms with E-state index in [1.165, 1.54) is 12.4 Å². The van der Waals surface area contributed by atoms with Crippen LogP contribution in [0, 0.1) is 25.2 Å². The molecule has 9 heteroatoms. The number of carbonyl (C=O) groups is 1. The lowest BCUT2D eigenvalue weighted by molar-refractivity contribution is 0.102. The second kappa shape index (κ2) is 8.45. The molecule has 8 nitrogen and oxygen atoms in total. The largest absolute Gasteiger partial charge is 0.307 e. The number of rotatable bonds is 5. The van der Waals surface area contributed by atoms with Gasteiger partial charge in [-0.2, -0.15) is 10.4 Å². The second-order valence-corrected chi connectivity index (χ2v) is 8.02. The molecule has 0 saturated heterocycles. The summed E-state index contributed by atoms with van der Waals surface area (Å²) in [7, 11) is 0. The zero-order valence-corrected chi connectivity index (χ0v) is 18.0. The van der Waals surface area contributed by atoms with Crippen LogP contribution < -0.4 is 5.32 Å². The summed E-state index contributed by atoms with van der Waals surface area (Å²) < 4.78 is 0. The van der Waals surface area contributed by atoms with Gasteiger partial charge in [0, 0.05) is 34.7 Å². The Bertz CT molecular complexity index is 1300. The first kappa shape index (κ1) is 20.4. The maximum atomic E-state index is 12.6. The fraction of sp³-hybridized carbons (Fsp3) is 0.182. The summed E-state index contributed by atoms with van der Waals surface area (Å²) in [5, 5.41) is 20.0. The molecule has 0 aliphatic carbocycles. The Morgan fingerprint density at radius 1 is 1.26 bits per heavy atom. The van der Waals surface area contributed by atoms with Crippen molar-refractivity contribution in [3.63, 3.8) is 0 Å². The summed E-state index contributed by atoms with van der Waals surface area (Å²) in [6, 6.07) is 7.62. The highest BCUT2D eigenvalue weighted by molar-refractivity contribution is 7.15. The number of pyridine rings is 2. The quantitative estimate of drug-likeness (QED) is 0.488. The highest BCUT2D eigenvalue weighted by atomic mass is 32.1. The Morgan fingerprint density at radius 3 is 2.74 bits per heavy atom. The lowest BCUT2D eigenvalue weighted by Crippen LogP contribution is -2.15. The molecule has 0 unspecified atom stereocenters. The minimum Gasteiger partial charge on any atom is -0.307 e. The van der Waals surface area contributed by atoms with Crippen LogP contribution in [0.1, 0.15) is 39.0 Å². The first-order valence-corrected chi connectivity index (χ1v) is 10.5. The normalized spacial score (nSPS) is 10.6. The van der Waals surface area contributed by atoms with Crippen LogP contribution in [-0.2, 0) is 6.42 Å². The van der Waals surface area contributed by atoms with Crippen LogP contribution >= 0.6 is 11.3 Å². The maximum Gasteiger partial charge on any atom is 0.258 e. The highest BCUT2D eigenvalue weighted by Gasteiger charge is 2.16. The van der Waals surface area contributed by atoms with Gasteiger partial charge in [-0.3, -0.25) is 14.9 Å². The molecule has 1 amide bonds. The number of anilines is 1. The van der Waals surface area contributed by atoms with Gasteiger partial charge >= 0.3 is 0 Å². The Hall–Kier alpha value is -3.90. The molecule has 0 aromatic carbocycles. The molecule has 0 aliphatic rings. The Balaban J connectivity index is 1.57. The number of carbonyl (C=O) groups excluding carboxylic acids is 1. The molecule has 0 spiro atoms. The van der Waals surface area contributed by atoms with Crippen molar-refractivity contribution in [2.75, 3.05) is 5.32 Å². The van der Waals surface area contributed by atoms with Crippen molar-refractivity contribution in [1.29, 1.82) is 5.26 Å². The smallest absolute Gasteiger partial charge is 0.258 e.